The third kappa shape index (κ3) is 4.20. The lowest BCUT2D eigenvalue weighted by Crippen LogP contribution is -2.44. The number of halogens is 3. The summed E-state index contributed by atoms with van der Waals surface area (Å²) >= 11 is 0. The van der Waals surface area contributed by atoms with Crippen LogP contribution in [-0.4, -0.2) is 32.3 Å². The molecule has 0 aliphatic rings. The van der Waals surface area contributed by atoms with Crippen LogP contribution in [0.1, 0.15) is 42.7 Å². The van der Waals surface area contributed by atoms with Gasteiger partial charge in [0.25, 0.3) is 5.91 Å². The van der Waals surface area contributed by atoms with Gasteiger partial charge in [-0.15, -0.1) is 0 Å². The number of aldehydes is 1. The van der Waals surface area contributed by atoms with Crippen LogP contribution in [0.25, 0.3) is 5.65 Å². The van der Waals surface area contributed by atoms with Crippen LogP contribution >= 0.6 is 0 Å². The van der Waals surface area contributed by atoms with E-state index in [0.717, 1.165) is 6.07 Å². The highest BCUT2D eigenvalue weighted by molar-refractivity contribution is 6.01. The maximum Gasteiger partial charge on any atom is 0.257 e. The number of carbonyl (C=O) groups is 2. The first-order chi connectivity index (χ1) is 13.6. The molecule has 1 atom stereocenters. The SMILES string of the molecule is C[C@@H](Nc1ccn2ncc(C(=O)NC(C)(C)C=O)c2n1)c1cc(F)cc(F)c1F. The third-order valence-corrected chi connectivity index (χ3v) is 4.20. The van der Waals surface area contributed by atoms with Gasteiger partial charge in [0.15, 0.2) is 17.3 Å². The molecule has 1 amide bonds. The lowest BCUT2D eigenvalue weighted by Gasteiger charge is -2.18. The van der Waals surface area contributed by atoms with E-state index in [9.17, 15) is 22.8 Å². The van der Waals surface area contributed by atoms with Gasteiger partial charge in [0, 0.05) is 17.8 Å². The predicted molar refractivity (Wildman–Crippen MR) is 98.9 cm³/mol. The van der Waals surface area contributed by atoms with E-state index < -0.39 is 34.9 Å². The number of nitrogens with one attached hydrogen (secondary N) is 2. The number of anilines is 1. The summed E-state index contributed by atoms with van der Waals surface area (Å²) in [5, 5.41) is 9.43. The van der Waals surface area contributed by atoms with Crippen LogP contribution in [0.15, 0.2) is 30.6 Å². The number of carbonyl (C=O) groups excluding carboxylic acids is 2. The van der Waals surface area contributed by atoms with Gasteiger partial charge in [-0.25, -0.2) is 22.7 Å². The number of benzene rings is 1. The number of hydrogen-bond donors (Lipinski definition) is 2. The van der Waals surface area contributed by atoms with E-state index in [-0.39, 0.29) is 22.6 Å². The molecule has 2 heterocycles. The Labute approximate surface area is 163 Å². The van der Waals surface area contributed by atoms with Gasteiger partial charge in [0.1, 0.15) is 23.5 Å². The summed E-state index contributed by atoms with van der Waals surface area (Å²) in [4.78, 5) is 27.8. The minimum absolute atomic E-state index is 0.124. The minimum atomic E-state index is -1.29. The van der Waals surface area contributed by atoms with Gasteiger partial charge in [-0.1, -0.05) is 0 Å². The zero-order valence-corrected chi connectivity index (χ0v) is 15.8. The van der Waals surface area contributed by atoms with Gasteiger partial charge < -0.3 is 15.4 Å². The zero-order chi connectivity index (χ0) is 21.3. The van der Waals surface area contributed by atoms with Crippen molar-refractivity contribution in [2.24, 2.45) is 0 Å². The van der Waals surface area contributed by atoms with E-state index in [1.807, 2.05) is 0 Å². The maximum atomic E-state index is 14.0. The molecular formula is C19H18F3N5O2. The average Bonchev–Trinajstić information content (AvgIpc) is 3.07. The second kappa shape index (κ2) is 7.53. The number of amides is 1. The quantitative estimate of drug-likeness (QED) is 0.486. The Morgan fingerprint density at radius 3 is 2.69 bits per heavy atom. The van der Waals surface area contributed by atoms with E-state index >= 15 is 0 Å². The van der Waals surface area contributed by atoms with Crippen LogP contribution in [0, 0.1) is 17.5 Å². The van der Waals surface area contributed by atoms with Crippen LogP contribution in [0.2, 0.25) is 0 Å². The first-order valence-electron chi connectivity index (χ1n) is 8.65. The standard InChI is InChI=1S/C19H18F3N5O2/c1-10(12-6-11(20)7-14(21)16(12)22)24-15-4-5-27-17(25-15)13(8-23-27)18(29)26-19(2,3)9-28/h4-10H,1-3H3,(H,24,25)(H,26,29)/t10-/m1/s1. The van der Waals surface area contributed by atoms with Crippen molar-refractivity contribution in [1.29, 1.82) is 0 Å². The molecule has 10 heteroatoms. The number of hydrogen-bond acceptors (Lipinski definition) is 5. The molecule has 0 saturated heterocycles. The Morgan fingerprint density at radius 1 is 1.28 bits per heavy atom. The fourth-order valence-corrected chi connectivity index (χ4v) is 2.69. The Kier molecular flexibility index (Phi) is 5.27. The number of aromatic nitrogens is 3. The topological polar surface area (TPSA) is 88.4 Å². The number of nitrogens with zero attached hydrogens (tertiary/aromatic N) is 3. The number of fused-ring (bicyclic) bond motifs is 1. The minimum Gasteiger partial charge on any atom is -0.363 e. The van der Waals surface area contributed by atoms with Gasteiger partial charge in [0.05, 0.1) is 17.8 Å². The van der Waals surface area contributed by atoms with Gasteiger partial charge in [-0.2, -0.15) is 5.10 Å². The Hall–Kier alpha value is -3.43. The summed E-state index contributed by atoms with van der Waals surface area (Å²) < 4.78 is 42.3. The molecule has 2 aromatic heterocycles. The van der Waals surface area contributed by atoms with Crippen molar-refractivity contribution in [3.63, 3.8) is 0 Å². The Balaban J connectivity index is 1.90. The predicted octanol–water partition coefficient (Wildman–Crippen LogP) is 3.03. The molecule has 0 bridgehead atoms. The van der Waals surface area contributed by atoms with Crippen molar-refractivity contribution in [2.45, 2.75) is 32.4 Å². The second-order valence-electron chi connectivity index (χ2n) is 7.09. The highest BCUT2D eigenvalue weighted by Crippen LogP contribution is 2.24. The van der Waals surface area contributed by atoms with Crippen molar-refractivity contribution < 1.29 is 22.8 Å². The summed E-state index contributed by atoms with van der Waals surface area (Å²) in [6.07, 6.45) is 3.42. The summed E-state index contributed by atoms with van der Waals surface area (Å²) in [7, 11) is 0. The van der Waals surface area contributed by atoms with Crippen LogP contribution in [0.4, 0.5) is 19.0 Å². The molecule has 0 spiro atoms. The zero-order valence-electron chi connectivity index (χ0n) is 15.8. The van der Waals surface area contributed by atoms with Crippen molar-refractivity contribution in [1.82, 2.24) is 19.9 Å². The molecule has 7 nitrogen and oxygen atoms in total. The molecule has 0 aliphatic carbocycles. The van der Waals surface area contributed by atoms with Crippen LogP contribution < -0.4 is 10.6 Å². The molecule has 0 radical (unpaired) electrons. The summed E-state index contributed by atoms with van der Waals surface area (Å²) in [6, 6.07) is 2.06. The van der Waals surface area contributed by atoms with E-state index in [2.05, 4.69) is 20.7 Å². The molecule has 0 saturated carbocycles. The van der Waals surface area contributed by atoms with Gasteiger partial charge in [-0.3, -0.25) is 4.79 Å². The largest absolute Gasteiger partial charge is 0.363 e. The van der Waals surface area contributed by atoms with Crippen molar-refractivity contribution in [3.8, 4) is 0 Å². The Bertz CT molecular complexity index is 1100. The summed E-state index contributed by atoms with van der Waals surface area (Å²) in [5.41, 5.74) is -0.968. The third-order valence-electron chi connectivity index (χ3n) is 4.20. The molecule has 152 valence electrons. The first-order valence-corrected chi connectivity index (χ1v) is 8.65. The lowest BCUT2D eigenvalue weighted by molar-refractivity contribution is -0.112. The molecule has 3 aromatic rings. The highest BCUT2D eigenvalue weighted by Gasteiger charge is 2.23. The van der Waals surface area contributed by atoms with Crippen molar-refractivity contribution >= 4 is 23.7 Å². The first kappa shape index (κ1) is 20.3. The molecule has 3 rings (SSSR count). The maximum absolute atomic E-state index is 14.0. The van der Waals surface area contributed by atoms with Gasteiger partial charge in [-0.05, 0) is 32.9 Å². The molecule has 2 N–H and O–H groups in total. The molecule has 0 fully saturated rings. The second-order valence-corrected chi connectivity index (χ2v) is 7.09. The normalized spacial score (nSPS) is 12.6. The van der Waals surface area contributed by atoms with Gasteiger partial charge >= 0.3 is 0 Å². The van der Waals surface area contributed by atoms with Gasteiger partial charge in [0.2, 0.25) is 0 Å². The lowest BCUT2D eigenvalue weighted by atomic mass is 10.1. The van der Waals surface area contributed by atoms with Crippen LogP contribution in [0.3, 0.4) is 0 Å². The van der Waals surface area contributed by atoms with Crippen molar-refractivity contribution in [2.75, 3.05) is 5.32 Å². The fraction of sp³-hybridized carbons (Fsp3) is 0.263. The summed E-state index contributed by atoms with van der Waals surface area (Å²) in [5.74, 6) is -3.66. The summed E-state index contributed by atoms with van der Waals surface area (Å²) in [6.45, 7) is 4.59. The average molecular weight is 405 g/mol. The van der Waals surface area contributed by atoms with E-state index in [1.54, 1.807) is 13.8 Å². The Morgan fingerprint density at radius 2 is 2.00 bits per heavy atom. The van der Waals surface area contributed by atoms with Crippen molar-refractivity contribution in [3.05, 3.63) is 59.2 Å². The van der Waals surface area contributed by atoms with E-state index in [4.69, 9.17) is 0 Å². The monoisotopic (exact) mass is 405 g/mol. The van der Waals surface area contributed by atoms with Crippen LogP contribution in [-0.2, 0) is 4.79 Å². The van der Waals surface area contributed by atoms with Crippen LogP contribution in [0.5, 0.6) is 0 Å². The molecule has 29 heavy (non-hydrogen) atoms. The molecule has 1 aromatic carbocycles. The molecular weight excluding hydrogens is 387 g/mol. The van der Waals surface area contributed by atoms with E-state index in [0.29, 0.717) is 12.4 Å². The smallest absolute Gasteiger partial charge is 0.257 e. The number of rotatable bonds is 6. The molecule has 0 unspecified atom stereocenters. The fourth-order valence-electron chi connectivity index (χ4n) is 2.69. The molecule has 0 aliphatic heterocycles. The highest BCUT2D eigenvalue weighted by atomic mass is 19.2. The van der Waals surface area contributed by atoms with E-state index in [1.165, 1.54) is 29.9 Å².